The first kappa shape index (κ1) is 20.8. The summed E-state index contributed by atoms with van der Waals surface area (Å²) in [7, 11) is 0. The van der Waals surface area contributed by atoms with Gasteiger partial charge in [0.05, 0.1) is 6.20 Å². The molecule has 3 saturated heterocycles. The van der Waals surface area contributed by atoms with Crippen LogP contribution in [0.5, 0.6) is 0 Å². The molecule has 0 unspecified atom stereocenters. The molecule has 0 spiro atoms. The fourth-order valence-electron chi connectivity index (χ4n) is 4.18. The third kappa shape index (κ3) is 4.20. The van der Waals surface area contributed by atoms with Gasteiger partial charge in [-0.15, -0.1) is 11.3 Å². The number of carbonyl (C=O) groups is 2. The van der Waals surface area contributed by atoms with Gasteiger partial charge >= 0.3 is 12.1 Å². The lowest BCUT2D eigenvalue weighted by Gasteiger charge is -2.49. The summed E-state index contributed by atoms with van der Waals surface area (Å²) in [5, 5.41) is 5.54. The van der Waals surface area contributed by atoms with Crippen LogP contribution in [0, 0.1) is 5.92 Å². The zero-order chi connectivity index (χ0) is 21.5. The third-order valence-electron chi connectivity index (χ3n) is 5.85. The van der Waals surface area contributed by atoms with E-state index in [-0.39, 0.29) is 17.6 Å². The molecule has 3 fully saturated rings. The second kappa shape index (κ2) is 7.99. The zero-order valence-electron chi connectivity index (χ0n) is 16.2. The van der Waals surface area contributed by atoms with Gasteiger partial charge in [-0.05, 0) is 63.0 Å². The summed E-state index contributed by atoms with van der Waals surface area (Å²) in [6, 6.07) is 6.30. The molecule has 10 heteroatoms. The summed E-state index contributed by atoms with van der Waals surface area (Å²) in [6.07, 6.45) is -1.23. The molecule has 0 radical (unpaired) electrons. The molecular weight excluding hydrogens is 417 g/mol. The molecule has 0 aliphatic carbocycles. The Morgan fingerprint density at radius 3 is 2.43 bits per heavy atom. The van der Waals surface area contributed by atoms with Crippen LogP contribution in [0.3, 0.4) is 0 Å². The van der Waals surface area contributed by atoms with Crippen molar-refractivity contribution < 1.29 is 22.8 Å². The quantitative estimate of drug-likeness (QED) is 0.766. The Bertz CT molecular complexity index is 934. The van der Waals surface area contributed by atoms with E-state index in [0.29, 0.717) is 27.4 Å². The second-order valence-electron chi connectivity index (χ2n) is 7.67. The van der Waals surface area contributed by atoms with E-state index in [2.05, 4.69) is 22.1 Å². The summed E-state index contributed by atoms with van der Waals surface area (Å²) >= 11 is 1.22. The zero-order valence-corrected chi connectivity index (χ0v) is 17.0. The van der Waals surface area contributed by atoms with Crippen molar-refractivity contribution in [2.24, 2.45) is 5.92 Å². The van der Waals surface area contributed by atoms with Crippen LogP contribution in [0.1, 0.15) is 29.4 Å². The lowest BCUT2D eigenvalue weighted by Crippen LogP contribution is -2.62. The van der Waals surface area contributed by atoms with Crippen LogP contribution in [0.15, 0.2) is 30.5 Å². The maximum atomic E-state index is 12.7. The van der Waals surface area contributed by atoms with Crippen molar-refractivity contribution in [1.29, 1.82) is 0 Å². The molecule has 30 heavy (non-hydrogen) atoms. The highest BCUT2D eigenvalue weighted by Gasteiger charge is 2.41. The van der Waals surface area contributed by atoms with Crippen LogP contribution in [0.25, 0.3) is 10.6 Å². The van der Waals surface area contributed by atoms with Gasteiger partial charge in [-0.3, -0.25) is 14.5 Å². The lowest BCUT2D eigenvalue weighted by atomic mass is 9.79. The minimum absolute atomic E-state index is 0.0342. The number of piperidine rings is 3. The van der Waals surface area contributed by atoms with Crippen LogP contribution >= 0.6 is 11.3 Å². The van der Waals surface area contributed by atoms with Crippen molar-refractivity contribution in [1.82, 2.24) is 15.2 Å². The van der Waals surface area contributed by atoms with E-state index in [0.717, 1.165) is 25.9 Å². The van der Waals surface area contributed by atoms with E-state index in [1.165, 1.54) is 29.7 Å². The molecule has 2 amide bonds. The Labute approximate surface area is 175 Å². The molecule has 2 bridgehead atoms. The molecule has 1 aromatic carbocycles. The average molecular weight is 438 g/mol. The average Bonchev–Trinajstić information content (AvgIpc) is 3.21. The predicted molar refractivity (Wildman–Crippen MR) is 107 cm³/mol. The van der Waals surface area contributed by atoms with E-state index >= 15 is 0 Å². The number of hydrogen-bond acceptors (Lipinski definition) is 5. The molecule has 4 heterocycles. The predicted octanol–water partition coefficient (Wildman–Crippen LogP) is 3.52. The van der Waals surface area contributed by atoms with E-state index in [4.69, 9.17) is 0 Å². The van der Waals surface area contributed by atoms with Crippen molar-refractivity contribution >= 4 is 28.8 Å². The topological polar surface area (TPSA) is 74.3 Å². The maximum absolute atomic E-state index is 12.7. The van der Waals surface area contributed by atoms with Gasteiger partial charge in [-0.25, -0.2) is 4.98 Å². The summed E-state index contributed by atoms with van der Waals surface area (Å²) in [6.45, 7) is 4.32. The van der Waals surface area contributed by atoms with Crippen molar-refractivity contribution in [3.05, 3.63) is 35.3 Å². The summed E-state index contributed by atoms with van der Waals surface area (Å²) in [5.41, 5.74) is 0.687. The number of fused-ring (bicyclic) bond motifs is 3. The van der Waals surface area contributed by atoms with Crippen LogP contribution in [0.4, 0.5) is 18.9 Å². The Hall–Kier alpha value is -2.46. The van der Waals surface area contributed by atoms with Crippen LogP contribution in [0.2, 0.25) is 0 Å². The fourth-order valence-corrected chi connectivity index (χ4v) is 5.00. The molecule has 2 atom stereocenters. The van der Waals surface area contributed by atoms with Crippen LogP contribution in [-0.4, -0.2) is 53.0 Å². The Morgan fingerprint density at radius 2 is 1.83 bits per heavy atom. The normalized spacial score (nSPS) is 25.7. The van der Waals surface area contributed by atoms with Crippen LogP contribution < -0.4 is 10.6 Å². The monoisotopic (exact) mass is 438 g/mol. The number of rotatable bonds is 4. The molecule has 160 valence electrons. The standard InChI is InChI=1S/C20H21F3N4O2S/c1-11-16(12-6-8-27(11)9-7-12)26-17(28)15-10-24-18(30-15)13-2-4-14(5-3-13)25-19(29)20(21,22)23/h2-5,10-12,16H,6-9H2,1H3,(H,25,29)(H,26,28)/t11-,16+/m1/s1. The number of nitrogens with zero attached hydrogens (tertiary/aromatic N) is 2. The smallest absolute Gasteiger partial charge is 0.347 e. The Balaban J connectivity index is 1.41. The molecule has 6 nitrogen and oxygen atoms in total. The SMILES string of the molecule is C[C@@H]1[C@H](NC(=O)c2cnc(-c3ccc(NC(=O)C(F)(F)F)cc3)s2)C2CCN1CC2. The van der Waals surface area contributed by atoms with E-state index < -0.39 is 12.1 Å². The van der Waals surface area contributed by atoms with E-state index in [1.807, 2.05) is 0 Å². The van der Waals surface area contributed by atoms with Gasteiger partial charge in [0.25, 0.3) is 5.91 Å². The third-order valence-corrected chi connectivity index (χ3v) is 6.90. The van der Waals surface area contributed by atoms with Crippen molar-refractivity contribution in [2.45, 2.75) is 38.0 Å². The van der Waals surface area contributed by atoms with E-state index in [1.54, 1.807) is 17.4 Å². The highest BCUT2D eigenvalue weighted by Crippen LogP contribution is 2.33. The number of hydrogen-bond donors (Lipinski definition) is 2. The number of thiazole rings is 1. The van der Waals surface area contributed by atoms with Gasteiger partial charge in [0.1, 0.15) is 9.88 Å². The summed E-state index contributed by atoms with van der Waals surface area (Å²) < 4.78 is 37.0. The first-order valence-corrected chi connectivity index (χ1v) is 10.5. The first-order chi connectivity index (χ1) is 14.2. The highest BCUT2D eigenvalue weighted by atomic mass is 32.1. The molecule has 3 aliphatic heterocycles. The molecule has 3 aliphatic rings. The molecule has 2 aromatic rings. The lowest BCUT2D eigenvalue weighted by molar-refractivity contribution is -0.167. The Morgan fingerprint density at radius 1 is 1.17 bits per heavy atom. The molecule has 5 rings (SSSR count). The van der Waals surface area contributed by atoms with Crippen molar-refractivity contribution in [3.8, 4) is 10.6 Å². The summed E-state index contributed by atoms with van der Waals surface area (Å²) in [5.74, 6) is -1.68. The fraction of sp³-hybridized carbons (Fsp3) is 0.450. The highest BCUT2D eigenvalue weighted by molar-refractivity contribution is 7.16. The van der Waals surface area contributed by atoms with Crippen molar-refractivity contribution in [2.75, 3.05) is 18.4 Å². The number of amides is 2. The number of anilines is 1. The minimum Gasteiger partial charge on any atom is -0.347 e. The number of benzene rings is 1. The molecular formula is C20H21F3N4O2S. The number of halogens is 3. The number of nitrogens with one attached hydrogen (secondary N) is 2. The molecule has 1 aromatic heterocycles. The van der Waals surface area contributed by atoms with Gasteiger partial charge in [0, 0.05) is 23.3 Å². The summed E-state index contributed by atoms with van der Waals surface area (Å²) in [4.78, 5) is 30.9. The second-order valence-corrected chi connectivity index (χ2v) is 8.70. The van der Waals surface area contributed by atoms with E-state index in [9.17, 15) is 22.8 Å². The van der Waals surface area contributed by atoms with Gasteiger partial charge in [-0.1, -0.05) is 0 Å². The number of carbonyl (C=O) groups excluding carboxylic acids is 2. The van der Waals surface area contributed by atoms with Crippen molar-refractivity contribution in [3.63, 3.8) is 0 Å². The van der Waals surface area contributed by atoms with Gasteiger partial charge in [0.15, 0.2) is 0 Å². The van der Waals surface area contributed by atoms with Gasteiger partial charge < -0.3 is 10.6 Å². The number of aromatic nitrogens is 1. The minimum atomic E-state index is -4.94. The van der Waals surface area contributed by atoms with Gasteiger partial charge in [-0.2, -0.15) is 13.2 Å². The largest absolute Gasteiger partial charge is 0.471 e. The van der Waals surface area contributed by atoms with Gasteiger partial charge in [0.2, 0.25) is 0 Å². The van der Waals surface area contributed by atoms with Crippen LogP contribution in [-0.2, 0) is 4.79 Å². The maximum Gasteiger partial charge on any atom is 0.471 e. The Kier molecular flexibility index (Phi) is 5.54. The first-order valence-electron chi connectivity index (χ1n) is 9.72. The molecule has 2 N–H and O–H groups in total. The molecule has 0 saturated carbocycles. The number of alkyl halides is 3.